The highest BCUT2D eigenvalue weighted by Gasteiger charge is 2.39. The van der Waals surface area contributed by atoms with Crippen molar-refractivity contribution < 1.29 is 17.9 Å². The number of fused-ring (bicyclic) bond motifs is 2. The lowest BCUT2D eigenvalue weighted by Crippen LogP contribution is -2.46. The topological polar surface area (TPSA) is 126 Å². The molecule has 2 aliphatic heterocycles. The van der Waals surface area contributed by atoms with Gasteiger partial charge in [0.1, 0.15) is 0 Å². The highest BCUT2D eigenvalue weighted by molar-refractivity contribution is 7.90. The highest BCUT2D eigenvalue weighted by Crippen LogP contribution is 2.35. The molecule has 2 saturated heterocycles. The molecule has 2 amide bonds. The first-order valence-electron chi connectivity index (χ1n) is 12.4. The maximum Gasteiger partial charge on any atom is 0.319 e. The van der Waals surface area contributed by atoms with E-state index in [1.54, 1.807) is 36.4 Å². The molecule has 10 nitrogen and oxygen atoms in total. The first-order chi connectivity index (χ1) is 17.8. The average molecular weight is 521 g/mol. The van der Waals surface area contributed by atoms with E-state index >= 15 is 0 Å². The lowest BCUT2D eigenvalue weighted by Gasteiger charge is -2.34. The molecule has 2 aromatic carbocycles. The second kappa shape index (κ2) is 9.38. The third-order valence-corrected chi connectivity index (χ3v) is 8.09. The quantitative estimate of drug-likeness (QED) is 0.507. The van der Waals surface area contributed by atoms with Gasteiger partial charge in [-0.1, -0.05) is 12.1 Å². The monoisotopic (exact) mass is 520 g/mol. The number of amides is 2. The minimum Gasteiger partial charge on any atom is -0.377 e. The Balaban J connectivity index is 1.40. The van der Waals surface area contributed by atoms with Crippen LogP contribution in [0.2, 0.25) is 0 Å². The summed E-state index contributed by atoms with van der Waals surface area (Å²) in [7, 11) is -3.51. The number of nitrogens with one attached hydrogen (secondary N) is 2. The van der Waals surface area contributed by atoms with Crippen LogP contribution in [0, 0.1) is 0 Å². The highest BCUT2D eigenvalue weighted by atomic mass is 32.2. The summed E-state index contributed by atoms with van der Waals surface area (Å²) in [6.45, 7) is 1.21. The summed E-state index contributed by atoms with van der Waals surface area (Å²) in [6, 6.07) is 14.4. The number of nitrogens with zero attached hydrogens (tertiary/aromatic N) is 4. The van der Waals surface area contributed by atoms with Crippen molar-refractivity contribution in [2.45, 2.75) is 48.7 Å². The summed E-state index contributed by atoms with van der Waals surface area (Å²) in [6.07, 6.45) is 5.20. The number of sulfone groups is 1. The minimum absolute atomic E-state index is 0.170. The van der Waals surface area contributed by atoms with Crippen LogP contribution < -0.4 is 15.5 Å². The Labute approximate surface area is 215 Å². The van der Waals surface area contributed by atoms with E-state index in [1.165, 1.54) is 6.26 Å². The van der Waals surface area contributed by atoms with Crippen LogP contribution in [-0.2, 0) is 14.6 Å². The maximum absolute atomic E-state index is 12.5. The van der Waals surface area contributed by atoms with Crippen molar-refractivity contribution in [2.75, 3.05) is 29.7 Å². The van der Waals surface area contributed by atoms with Crippen molar-refractivity contribution in [1.82, 2.24) is 20.3 Å². The Morgan fingerprint density at radius 1 is 0.919 bits per heavy atom. The predicted molar refractivity (Wildman–Crippen MR) is 139 cm³/mol. The van der Waals surface area contributed by atoms with Crippen LogP contribution in [0.1, 0.15) is 25.7 Å². The smallest absolute Gasteiger partial charge is 0.319 e. The zero-order valence-electron chi connectivity index (χ0n) is 20.4. The van der Waals surface area contributed by atoms with Crippen LogP contribution in [0.4, 0.5) is 16.4 Å². The Morgan fingerprint density at radius 3 is 2.27 bits per heavy atom. The van der Waals surface area contributed by atoms with Gasteiger partial charge < -0.3 is 20.3 Å². The molecule has 11 heteroatoms. The van der Waals surface area contributed by atoms with Gasteiger partial charge >= 0.3 is 6.03 Å². The fourth-order valence-electron chi connectivity index (χ4n) is 4.94. The van der Waals surface area contributed by atoms with Crippen LogP contribution in [0.15, 0.2) is 53.4 Å². The fraction of sp³-hybridized carbons (Fsp3) is 0.385. The number of rotatable bonds is 6. The van der Waals surface area contributed by atoms with Gasteiger partial charge in [-0.3, -0.25) is 0 Å². The molecule has 37 heavy (non-hydrogen) atoms. The molecular weight excluding hydrogens is 492 g/mol. The number of carbonyl (C=O) groups is 1. The molecule has 2 unspecified atom stereocenters. The van der Waals surface area contributed by atoms with Gasteiger partial charge in [0.2, 0.25) is 5.95 Å². The van der Waals surface area contributed by atoms with E-state index < -0.39 is 9.84 Å². The van der Waals surface area contributed by atoms with Crippen LogP contribution in [0.5, 0.6) is 0 Å². The SMILES string of the molecule is CS(=O)(=O)c1ccccc1-c1nc(-c2ccc(NC(=O)NC3CC3)cc2)nc(N2C3CCC2COC3)n1. The van der Waals surface area contributed by atoms with Crippen LogP contribution in [-0.4, -0.2) is 67.0 Å². The third kappa shape index (κ3) is 5.01. The molecule has 1 aromatic heterocycles. The van der Waals surface area contributed by atoms with E-state index in [0.29, 0.717) is 42.1 Å². The number of hydrogen-bond acceptors (Lipinski definition) is 8. The number of hydrogen-bond donors (Lipinski definition) is 2. The van der Waals surface area contributed by atoms with Gasteiger partial charge in [-0.05, 0) is 62.1 Å². The van der Waals surface area contributed by atoms with E-state index in [-0.39, 0.29) is 29.1 Å². The molecule has 3 heterocycles. The van der Waals surface area contributed by atoms with Gasteiger partial charge in [0.15, 0.2) is 21.5 Å². The van der Waals surface area contributed by atoms with Gasteiger partial charge in [0.05, 0.1) is 30.2 Å². The van der Waals surface area contributed by atoms with Crippen molar-refractivity contribution >= 4 is 27.5 Å². The van der Waals surface area contributed by atoms with E-state index in [9.17, 15) is 13.2 Å². The van der Waals surface area contributed by atoms with Crippen LogP contribution in [0.3, 0.4) is 0 Å². The lowest BCUT2D eigenvalue weighted by atomic mass is 10.1. The van der Waals surface area contributed by atoms with Crippen molar-refractivity contribution in [3.05, 3.63) is 48.5 Å². The van der Waals surface area contributed by atoms with Gasteiger partial charge in [-0.15, -0.1) is 0 Å². The predicted octanol–water partition coefficient (Wildman–Crippen LogP) is 3.26. The minimum atomic E-state index is -3.51. The second-order valence-corrected chi connectivity index (χ2v) is 11.8. The zero-order valence-corrected chi connectivity index (χ0v) is 21.2. The molecule has 1 saturated carbocycles. The van der Waals surface area contributed by atoms with Crippen molar-refractivity contribution in [3.63, 3.8) is 0 Å². The molecule has 3 fully saturated rings. The maximum atomic E-state index is 12.5. The summed E-state index contributed by atoms with van der Waals surface area (Å²) < 4.78 is 30.8. The summed E-state index contributed by atoms with van der Waals surface area (Å²) in [5.74, 6) is 1.26. The van der Waals surface area contributed by atoms with Crippen molar-refractivity contribution in [1.29, 1.82) is 0 Å². The summed E-state index contributed by atoms with van der Waals surface area (Å²) in [5, 5.41) is 5.75. The van der Waals surface area contributed by atoms with E-state index in [4.69, 9.17) is 19.7 Å². The molecular formula is C26H28N6O4S. The number of benzene rings is 2. The normalized spacial score (nSPS) is 21.1. The molecule has 2 bridgehead atoms. The Morgan fingerprint density at radius 2 is 1.59 bits per heavy atom. The molecule has 0 spiro atoms. The van der Waals surface area contributed by atoms with Gasteiger partial charge in [0.25, 0.3) is 0 Å². The standard InChI is InChI=1S/C26H28N6O4S/c1-37(34,35)22-5-3-2-4-21(22)24-29-23(30-25(31-24)32-19-12-13-20(32)15-36-14-19)16-6-8-17(9-7-16)27-26(33)28-18-10-11-18/h2-9,18-20H,10-15H2,1H3,(H2,27,28,33). The summed E-state index contributed by atoms with van der Waals surface area (Å²) in [4.78, 5) is 28.8. The Bertz CT molecular complexity index is 1430. The van der Waals surface area contributed by atoms with Gasteiger partial charge in [-0.2, -0.15) is 9.97 Å². The first kappa shape index (κ1) is 23.8. The number of aromatic nitrogens is 3. The molecule has 2 atom stereocenters. The molecule has 0 radical (unpaired) electrons. The molecule has 1 aliphatic carbocycles. The lowest BCUT2D eigenvalue weighted by molar-refractivity contribution is 0.0897. The molecule has 3 aromatic rings. The number of urea groups is 1. The zero-order chi connectivity index (χ0) is 25.6. The third-order valence-electron chi connectivity index (χ3n) is 6.94. The van der Waals surface area contributed by atoms with E-state index in [2.05, 4.69) is 15.5 Å². The second-order valence-electron chi connectivity index (χ2n) is 9.83. The molecule has 192 valence electrons. The van der Waals surface area contributed by atoms with E-state index in [0.717, 1.165) is 31.2 Å². The van der Waals surface area contributed by atoms with Crippen LogP contribution >= 0.6 is 0 Å². The number of anilines is 2. The van der Waals surface area contributed by atoms with Crippen molar-refractivity contribution in [2.24, 2.45) is 0 Å². The molecule has 6 rings (SSSR count). The Kier molecular flexibility index (Phi) is 6.04. The summed E-state index contributed by atoms with van der Waals surface area (Å²) in [5.41, 5.74) is 1.83. The Hall–Kier alpha value is -3.57. The van der Waals surface area contributed by atoms with Crippen LogP contribution in [0.25, 0.3) is 22.8 Å². The molecule has 3 aliphatic rings. The summed E-state index contributed by atoms with van der Waals surface area (Å²) >= 11 is 0. The number of carbonyl (C=O) groups excluding carboxylic acids is 1. The largest absolute Gasteiger partial charge is 0.377 e. The van der Waals surface area contributed by atoms with Crippen molar-refractivity contribution in [3.8, 4) is 22.8 Å². The molecule has 2 N–H and O–H groups in total. The number of ether oxygens (including phenoxy) is 1. The van der Waals surface area contributed by atoms with Gasteiger partial charge in [0, 0.05) is 29.1 Å². The van der Waals surface area contributed by atoms with E-state index in [1.807, 2.05) is 12.1 Å². The number of morpholine rings is 1. The average Bonchev–Trinajstić information content (AvgIpc) is 3.66. The van der Waals surface area contributed by atoms with Gasteiger partial charge in [-0.25, -0.2) is 18.2 Å². The fourth-order valence-corrected chi connectivity index (χ4v) is 5.83. The first-order valence-corrected chi connectivity index (χ1v) is 14.3.